The number of benzene rings is 3. The Hall–Kier alpha value is -5.03. The maximum Gasteiger partial charge on any atom is 0.296 e. The molecule has 39 heavy (non-hydrogen) atoms. The van der Waals surface area contributed by atoms with E-state index in [0.29, 0.717) is 28.8 Å². The first-order valence-electron chi connectivity index (χ1n) is 11.9. The van der Waals surface area contributed by atoms with Gasteiger partial charge in [0.2, 0.25) is 5.78 Å². The fourth-order valence-corrected chi connectivity index (χ4v) is 5.66. The van der Waals surface area contributed by atoms with E-state index in [4.69, 9.17) is 9.15 Å². The molecule has 0 aliphatic carbocycles. The summed E-state index contributed by atoms with van der Waals surface area (Å²) in [5.41, 5.74) is 0.822. The van der Waals surface area contributed by atoms with E-state index in [-0.39, 0.29) is 27.7 Å². The quantitative estimate of drug-likeness (QED) is 0.148. The summed E-state index contributed by atoms with van der Waals surface area (Å²) in [7, 11) is 0. The second kappa shape index (κ2) is 9.37. The standard InChI is InChI=1S/C28H19N3O7S/c1-2-37-18-10-11-19-22(14-18)39-28(29-19)30-24(16-7-5-8-17(12-16)31(35)36)23(26(33)27(30)34)25(32)21-13-15-6-3-4-9-20(15)38-21/h3-14,24,33H,2H2,1H3. The molecule has 2 aromatic heterocycles. The minimum Gasteiger partial charge on any atom is -0.503 e. The van der Waals surface area contributed by atoms with Crippen molar-refractivity contribution in [1.29, 1.82) is 0 Å². The highest BCUT2D eigenvalue weighted by molar-refractivity contribution is 7.22. The lowest BCUT2D eigenvalue weighted by Crippen LogP contribution is -2.31. The number of rotatable bonds is 7. The number of nitro groups is 1. The van der Waals surface area contributed by atoms with Crippen molar-refractivity contribution in [2.75, 3.05) is 11.5 Å². The Balaban J connectivity index is 1.51. The number of hydrogen-bond donors (Lipinski definition) is 1. The molecule has 1 unspecified atom stereocenters. The van der Waals surface area contributed by atoms with E-state index in [1.807, 2.05) is 6.92 Å². The van der Waals surface area contributed by atoms with Gasteiger partial charge in [0.1, 0.15) is 11.3 Å². The predicted octanol–water partition coefficient (Wildman–Crippen LogP) is 6.13. The number of para-hydroxylation sites is 1. The molecule has 0 radical (unpaired) electrons. The van der Waals surface area contributed by atoms with Crippen LogP contribution in [0.1, 0.15) is 29.1 Å². The number of non-ortho nitro benzene ring substituents is 1. The molecule has 5 aromatic rings. The van der Waals surface area contributed by atoms with E-state index in [1.165, 1.54) is 40.5 Å². The molecule has 3 aromatic carbocycles. The fraction of sp³-hybridized carbons (Fsp3) is 0.107. The highest BCUT2D eigenvalue weighted by Gasteiger charge is 2.47. The van der Waals surface area contributed by atoms with Crippen LogP contribution >= 0.6 is 11.3 Å². The van der Waals surface area contributed by atoms with E-state index in [2.05, 4.69) is 4.98 Å². The summed E-state index contributed by atoms with van der Waals surface area (Å²) in [6.45, 7) is 2.34. The van der Waals surface area contributed by atoms with Gasteiger partial charge in [-0.15, -0.1) is 0 Å². The number of carbonyl (C=O) groups excluding carboxylic acids is 2. The average Bonchev–Trinajstić information content (AvgIpc) is 3.62. The number of amides is 1. The highest BCUT2D eigenvalue weighted by Crippen LogP contribution is 2.45. The van der Waals surface area contributed by atoms with Crippen LogP contribution in [-0.2, 0) is 4.79 Å². The molecule has 6 rings (SSSR count). The number of fused-ring (bicyclic) bond motifs is 2. The molecule has 1 N–H and O–H groups in total. The molecule has 0 saturated carbocycles. The van der Waals surface area contributed by atoms with Crippen molar-refractivity contribution in [3.8, 4) is 5.75 Å². The number of hydrogen-bond acceptors (Lipinski definition) is 9. The zero-order chi connectivity index (χ0) is 27.3. The maximum absolute atomic E-state index is 13.8. The Kier molecular flexibility index (Phi) is 5.84. The lowest BCUT2D eigenvalue weighted by molar-refractivity contribution is -0.384. The van der Waals surface area contributed by atoms with Gasteiger partial charge in [-0.1, -0.05) is 41.7 Å². The third-order valence-electron chi connectivity index (χ3n) is 6.36. The summed E-state index contributed by atoms with van der Waals surface area (Å²) >= 11 is 1.17. The number of ketones is 1. The summed E-state index contributed by atoms with van der Waals surface area (Å²) in [6.07, 6.45) is 0. The van der Waals surface area contributed by atoms with Gasteiger partial charge in [0.15, 0.2) is 16.7 Å². The average molecular weight is 542 g/mol. The van der Waals surface area contributed by atoms with Crippen LogP contribution in [0.3, 0.4) is 0 Å². The van der Waals surface area contributed by atoms with E-state index < -0.39 is 28.4 Å². The molecular formula is C28H19N3O7S. The molecule has 1 amide bonds. The number of nitro benzene ring substituents is 1. The maximum atomic E-state index is 13.8. The first-order chi connectivity index (χ1) is 18.9. The van der Waals surface area contributed by atoms with Crippen LogP contribution in [-0.4, -0.2) is 33.3 Å². The van der Waals surface area contributed by atoms with Crippen molar-refractivity contribution >= 4 is 55.0 Å². The largest absolute Gasteiger partial charge is 0.503 e. The highest BCUT2D eigenvalue weighted by atomic mass is 32.1. The fourth-order valence-electron chi connectivity index (χ4n) is 4.64. The first-order valence-corrected chi connectivity index (χ1v) is 12.7. The van der Waals surface area contributed by atoms with Gasteiger partial charge in [0.05, 0.1) is 33.4 Å². The molecule has 1 aliphatic heterocycles. The van der Waals surface area contributed by atoms with Crippen LogP contribution in [0.4, 0.5) is 10.8 Å². The van der Waals surface area contributed by atoms with Crippen LogP contribution in [0.2, 0.25) is 0 Å². The van der Waals surface area contributed by atoms with Gasteiger partial charge in [0, 0.05) is 17.5 Å². The molecule has 0 saturated heterocycles. The third kappa shape index (κ3) is 4.09. The Morgan fingerprint density at radius 3 is 2.74 bits per heavy atom. The summed E-state index contributed by atoms with van der Waals surface area (Å²) in [5, 5.41) is 23.5. The number of anilines is 1. The molecule has 1 atom stereocenters. The number of carbonyl (C=O) groups is 2. The molecule has 11 heteroatoms. The minimum atomic E-state index is -1.19. The minimum absolute atomic E-state index is 0.0755. The zero-order valence-corrected chi connectivity index (χ0v) is 21.2. The van der Waals surface area contributed by atoms with Crippen LogP contribution in [0.5, 0.6) is 5.75 Å². The lowest BCUT2D eigenvalue weighted by Gasteiger charge is -2.24. The van der Waals surface area contributed by atoms with Crippen molar-refractivity contribution in [1.82, 2.24) is 4.98 Å². The predicted molar refractivity (Wildman–Crippen MR) is 144 cm³/mol. The third-order valence-corrected chi connectivity index (χ3v) is 7.38. The Bertz CT molecular complexity index is 1800. The number of Topliss-reactive ketones (excluding diaryl/α,β-unsaturated/α-hetero) is 1. The Morgan fingerprint density at radius 2 is 1.97 bits per heavy atom. The van der Waals surface area contributed by atoms with Crippen molar-refractivity contribution in [2.45, 2.75) is 13.0 Å². The molecule has 194 valence electrons. The first kappa shape index (κ1) is 24.3. The number of aliphatic hydroxyl groups excluding tert-OH is 1. The SMILES string of the molecule is CCOc1ccc2nc(N3C(=O)C(O)=C(C(=O)c4cc5ccccc5o4)C3c3cccc([N+](=O)[O-])c3)sc2c1. The summed E-state index contributed by atoms with van der Waals surface area (Å²) in [6, 6.07) is 18.2. The van der Waals surface area contributed by atoms with Gasteiger partial charge in [-0.25, -0.2) is 4.98 Å². The van der Waals surface area contributed by atoms with Crippen molar-refractivity contribution < 1.29 is 28.8 Å². The second-order valence-corrected chi connectivity index (χ2v) is 9.74. The van der Waals surface area contributed by atoms with Crippen molar-refractivity contribution in [3.63, 3.8) is 0 Å². The zero-order valence-electron chi connectivity index (χ0n) is 20.4. The number of nitrogens with zero attached hydrogens (tertiary/aromatic N) is 3. The normalized spacial score (nSPS) is 15.5. The van der Waals surface area contributed by atoms with Crippen molar-refractivity contribution in [3.05, 3.63) is 106 Å². The number of aliphatic hydroxyl groups is 1. The van der Waals surface area contributed by atoms with Gasteiger partial charge in [0.25, 0.3) is 11.6 Å². The van der Waals surface area contributed by atoms with Gasteiger partial charge in [-0.05, 0) is 42.8 Å². The van der Waals surface area contributed by atoms with E-state index in [1.54, 1.807) is 48.5 Å². The Morgan fingerprint density at radius 1 is 1.15 bits per heavy atom. The second-order valence-electron chi connectivity index (χ2n) is 8.73. The monoisotopic (exact) mass is 541 g/mol. The van der Waals surface area contributed by atoms with Gasteiger partial charge in [-0.2, -0.15) is 0 Å². The van der Waals surface area contributed by atoms with Gasteiger partial charge >= 0.3 is 0 Å². The molecule has 3 heterocycles. The summed E-state index contributed by atoms with van der Waals surface area (Å²) in [5.74, 6) is -1.78. The van der Waals surface area contributed by atoms with Crippen LogP contribution in [0, 0.1) is 10.1 Å². The smallest absolute Gasteiger partial charge is 0.296 e. The molecule has 1 aliphatic rings. The van der Waals surface area contributed by atoms with Crippen LogP contribution in [0.15, 0.2) is 88.5 Å². The van der Waals surface area contributed by atoms with Crippen LogP contribution < -0.4 is 9.64 Å². The number of thiazole rings is 1. The van der Waals surface area contributed by atoms with E-state index in [0.717, 1.165) is 4.70 Å². The lowest BCUT2D eigenvalue weighted by atomic mass is 9.95. The molecule has 0 fully saturated rings. The van der Waals surface area contributed by atoms with Gasteiger partial charge in [-0.3, -0.25) is 24.6 Å². The van der Waals surface area contributed by atoms with Crippen molar-refractivity contribution in [2.24, 2.45) is 0 Å². The Labute approximate surface area is 224 Å². The topological polar surface area (TPSA) is 136 Å². The molecular weight excluding hydrogens is 522 g/mol. The number of ether oxygens (including phenoxy) is 1. The number of furan rings is 1. The van der Waals surface area contributed by atoms with Gasteiger partial charge < -0.3 is 14.3 Å². The van der Waals surface area contributed by atoms with E-state index in [9.17, 15) is 24.8 Å². The van der Waals surface area contributed by atoms with Crippen LogP contribution in [0.25, 0.3) is 21.2 Å². The summed E-state index contributed by atoms with van der Waals surface area (Å²) in [4.78, 5) is 44.0. The molecule has 0 bridgehead atoms. The molecule has 10 nitrogen and oxygen atoms in total. The number of aromatic nitrogens is 1. The molecule has 0 spiro atoms. The van der Waals surface area contributed by atoms with E-state index >= 15 is 0 Å². The summed E-state index contributed by atoms with van der Waals surface area (Å²) < 4.78 is 12.0.